The molecule has 1 aliphatic heterocycles. The van der Waals surface area contributed by atoms with Crippen LogP contribution < -0.4 is 4.72 Å². The van der Waals surface area contributed by atoms with Crippen molar-refractivity contribution in [3.8, 4) is 0 Å². The molecular weight excluding hydrogens is 296 g/mol. The van der Waals surface area contributed by atoms with Crippen LogP contribution in [0.4, 0.5) is 0 Å². The molecule has 1 aliphatic rings. The van der Waals surface area contributed by atoms with Gasteiger partial charge in [-0.2, -0.15) is 0 Å². The molecule has 1 unspecified atom stereocenters. The van der Waals surface area contributed by atoms with E-state index in [1.54, 1.807) is 12.1 Å². The minimum Gasteiger partial charge on any atom is -0.299 e. The quantitative estimate of drug-likeness (QED) is 0.875. The summed E-state index contributed by atoms with van der Waals surface area (Å²) in [6.07, 6.45) is 3.72. The van der Waals surface area contributed by atoms with E-state index in [1.165, 1.54) is 19.3 Å². The van der Waals surface area contributed by atoms with Crippen molar-refractivity contribution >= 4 is 10.0 Å². The lowest BCUT2D eigenvalue weighted by Gasteiger charge is -2.32. The van der Waals surface area contributed by atoms with E-state index in [2.05, 4.69) is 30.4 Å². The second-order valence-electron chi connectivity index (χ2n) is 6.52. The number of sulfonamides is 1. The number of likely N-dealkylation sites (tertiary alicyclic amines) is 1. The highest BCUT2D eigenvalue weighted by Gasteiger charge is 2.20. The molecule has 0 saturated carbocycles. The Bertz CT molecular complexity index is 561. The number of rotatable bonds is 6. The molecule has 4 nitrogen and oxygen atoms in total. The normalized spacial score (nSPS) is 18.5. The summed E-state index contributed by atoms with van der Waals surface area (Å²) in [7, 11) is -3.41. The van der Waals surface area contributed by atoms with Crippen LogP contribution in [0.5, 0.6) is 0 Å². The molecule has 1 saturated heterocycles. The van der Waals surface area contributed by atoms with Crippen LogP contribution in [0.1, 0.15) is 51.5 Å². The first kappa shape index (κ1) is 17.4. The Labute approximate surface area is 135 Å². The summed E-state index contributed by atoms with van der Waals surface area (Å²) in [5.41, 5.74) is 1.15. The molecule has 0 radical (unpaired) electrons. The number of nitrogens with one attached hydrogen (secondary N) is 1. The SMILES string of the molecule is CC(C)c1ccc(S(=O)(=O)NCC(C)N2CCCCC2)cc1. The van der Waals surface area contributed by atoms with Crippen molar-refractivity contribution in [3.63, 3.8) is 0 Å². The standard InChI is InChI=1S/C17H28N2O2S/c1-14(2)16-7-9-17(10-8-16)22(20,21)18-13-15(3)19-11-5-4-6-12-19/h7-10,14-15,18H,4-6,11-13H2,1-3H3. The molecule has 124 valence electrons. The largest absolute Gasteiger partial charge is 0.299 e. The number of hydrogen-bond acceptors (Lipinski definition) is 3. The summed E-state index contributed by atoms with van der Waals surface area (Å²) < 4.78 is 27.5. The second kappa shape index (κ2) is 7.57. The molecule has 5 heteroatoms. The first-order valence-electron chi connectivity index (χ1n) is 8.24. The zero-order chi connectivity index (χ0) is 16.2. The maximum Gasteiger partial charge on any atom is 0.240 e. The van der Waals surface area contributed by atoms with Gasteiger partial charge in [-0.3, -0.25) is 4.90 Å². The first-order chi connectivity index (χ1) is 10.4. The van der Waals surface area contributed by atoms with Gasteiger partial charge in [0.1, 0.15) is 0 Å². The second-order valence-corrected chi connectivity index (χ2v) is 8.29. The summed E-state index contributed by atoms with van der Waals surface area (Å²) in [6.45, 7) is 8.91. The minimum atomic E-state index is -3.41. The molecule has 0 spiro atoms. The van der Waals surface area contributed by atoms with E-state index >= 15 is 0 Å². The summed E-state index contributed by atoms with van der Waals surface area (Å²) >= 11 is 0. The van der Waals surface area contributed by atoms with Gasteiger partial charge in [-0.05, 0) is 56.5 Å². The van der Waals surface area contributed by atoms with Crippen LogP contribution in [0, 0.1) is 0 Å². The average molecular weight is 324 g/mol. The minimum absolute atomic E-state index is 0.241. The zero-order valence-corrected chi connectivity index (χ0v) is 14.7. The fourth-order valence-corrected chi connectivity index (χ4v) is 3.96. The lowest BCUT2D eigenvalue weighted by Crippen LogP contribution is -2.44. The van der Waals surface area contributed by atoms with Crippen LogP contribution in [0.3, 0.4) is 0 Å². The Morgan fingerprint density at radius 3 is 2.18 bits per heavy atom. The van der Waals surface area contributed by atoms with Gasteiger partial charge in [0.2, 0.25) is 10.0 Å². The number of piperidine rings is 1. The molecule has 0 aliphatic carbocycles. The van der Waals surface area contributed by atoms with Crippen molar-refractivity contribution in [1.82, 2.24) is 9.62 Å². The fraction of sp³-hybridized carbons (Fsp3) is 0.647. The molecule has 0 bridgehead atoms. The lowest BCUT2D eigenvalue weighted by atomic mass is 10.0. The fourth-order valence-electron chi connectivity index (χ4n) is 2.83. The Hall–Kier alpha value is -0.910. The molecule has 1 aromatic rings. The summed E-state index contributed by atoms with van der Waals surface area (Å²) in [5, 5.41) is 0. The summed E-state index contributed by atoms with van der Waals surface area (Å²) in [5.74, 6) is 0.406. The Morgan fingerprint density at radius 1 is 1.05 bits per heavy atom. The van der Waals surface area contributed by atoms with Gasteiger partial charge >= 0.3 is 0 Å². The highest BCUT2D eigenvalue weighted by atomic mass is 32.2. The van der Waals surface area contributed by atoms with Crippen LogP contribution in [0.15, 0.2) is 29.2 Å². The van der Waals surface area contributed by atoms with Crippen LogP contribution in [0.25, 0.3) is 0 Å². The average Bonchev–Trinajstić information content (AvgIpc) is 2.53. The molecule has 0 aromatic heterocycles. The van der Waals surface area contributed by atoms with E-state index in [4.69, 9.17) is 0 Å². The predicted octanol–water partition coefficient (Wildman–Crippen LogP) is 2.96. The maximum atomic E-state index is 12.4. The lowest BCUT2D eigenvalue weighted by molar-refractivity contribution is 0.175. The van der Waals surface area contributed by atoms with Crippen molar-refractivity contribution in [2.45, 2.75) is 56.9 Å². The zero-order valence-electron chi connectivity index (χ0n) is 13.9. The number of benzene rings is 1. The third kappa shape index (κ3) is 4.54. The van der Waals surface area contributed by atoms with Gasteiger partial charge in [-0.25, -0.2) is 13.1 Å². The van der Waals surface area contributed by atoms with Gasteiger partial charge in [0.15, 0.2) is 0 Å². The van der Waals surface area contributed by atoms with Crippen LogP contribution in [0.2, 0.25) is 0 Å². The van der Waals surface area contributed by atoms with Crippen molar-refractivity contribution in [2.24, 2.45) is 0 Å². The predicted molar refractivity (Wildman–Crippen MR) is 90.6 cm³/mol. The molecule has 0 amide bonds. The van der Waals surface area contributed by atoms with Crippen LogP contribution in [-0.2, 0) is 10.0 Å². The van der Waals surface area contributed by atoms with E-state index in [1.807, 2.05) is 12.1 Å². The molecule has 1 fully saturated rings. The van der Waals surface area contributed by atoms with Gasteiger partial charge in [-0.15, -0.1) is 0 Å². The molecule has 1 aromatic carbocycles. The van der Waals surface area contributed by atoms with Gasteiger partial charge < -0.3 is 0 Å². The van der Waals surface area contributed by atoms with E-state index in [-0.39, 0.29) is 6.04 Å². The smallest absolute Gasteiger partial charge is 0.240 e. The van der Waals surface area contributed by atoms with Gasteiger partial charge in [-0.1, -0.05) is 32.4 Å². The van der Waals surface area contributed by atoms with E-state index in [9.17, 15) is 8.42 Å². The van der Waals surface area contributed by atoms with Crippen LogP contribution >= 0.6 is 0 Å². The van der Waals surface area contributed by atoms with Crippen molar-refractivity contribution in [3.05, 3.63) is 29.8 Å². The third-order valence-corrected chi connectivity index (χ3v) is 5.88. The van der Waals surface area contributed by atoms with Crippen molar-refractivity contribution in [2.75, 3.05) is 19.6 Å². The molecular formula is C17H28N2O2S. The first-order valence-corrected chi connectivity index (χ1v) is 9.72. The summed E-state index contributed by atoms with van der Waals surface area (Å²) in [6, 6.07) is 7.43. The molecule has 22 heavy (non-hydrogen) atoms. The molecule has 1 N–H and O–H groups in total. The Morgan fingerprint density at radius 2 is 1.64 bits per heavy atom. The topological polar surface area (TPSA) is 49.4 Å². The molecule has 2 rings (SSSR count). The third-order valence-electron chi connectivity index (χ3n) is 4.44. The number of nitrogens with zero attached hydrogens (tertiary/aromatic N) is 1. The molecule has 1 heterocycles. The molecule has 1 atom stereocenters. The highest BCUT2D eigenvalue weighted by molar-refractivity contribution is 7.89. The number of hydrogen-bond donors (Lipinski definition) is 1. The Kier molecular flexibility index (Phi) is 6.01. The Balaban J connectivity index is 1.95. The summed E-state index contributed by atoms with van der Waals surface area (Å²) in [4.78, 5) is 2.72. The van der Waals surface area contributed by atoms with Gasteiger partial charge in [0.25, 0.3) is 0 Å². The monoisotopic (exact) mass is 324 g/mol. The van der Waals surface area contributed by atoms with Crippen LogP contribution in [-0.4, -0.2) is 39.0 Å². The van der Waals surface area contributed by atoms with Crippen molar-refractivity contribution in [1.29, 1.82) is 0 Å². The highest BCUT2D eigenvalue weighted by Crippen LogP contribution is 2.17. The van der Waals surface area contributed by atoms with E-state index in [0.29, 0.717) is 17.4 Å². The van der Waals surface area contributed by atoms with E-state index < -0.39 is 10.0 Å². The maximum absolute atomic E-state index is 12.4. The van der Waals surface area contributed by atoms with E-state index in [0.717, 1.165) is 18.7 Å². The van der Waals surface area contributed by atoms with Gasteiger partial charge in [0.05, 0.1) is 4.90 Å². The van der Waals surface area contributed by atoms with Gasteiger partial charge in [0, 0.05) is 12.6 Å². The van der Waals surface area contributed by atoms with Crippen molar-refractivity contribution < 1.29 is 8.42 Å².